The van der Waals surface area contributed by atoms with Gasteiger partial charge in [0.2, 0.25) is 5.91 Å². The molecule has 0 spiro atoms. The van der Waals surface area contributed by atoms with Gasteiger partial charge in [0.1, 0.15) is 0 Å². The quantitative estimate of drug-likeness (QED) is 0.733. The van der Waals surface area contributed by atoms with Gasteiger partial charge in [0.25, 0.3) is 0 Å². The number of rotatable bonds is 7. The van der Waals surface area contributed by atoms with Crippen LogP contribution in [0.3, 0.4) is 0 Å². The van der Waals surface area contributed by atoms with Crippen molar-refractivity contribution in [3.8, 4) is 0 Å². The van der Waals surface area contributed by atoms with Gasteiger partial charge in [-0.05, 0) is 56.5 Å². The fraction of sp³-hybridized carbons (Fsp3) is 0.933. The van der Waals surface area contributed by atoms with Crippen LogP contribution in [0.15, 0.2) is 0 Å². The lowest BCUT2D eigenvalue weighted by Crippen LogP contribution is -2.39. The van der Waals surface area contributed by atoms with Crippen LogP contribution in [0, 0.1) is 11.3 Å². The molecule has 0 bridgehead atoms. The Hall–Kier alpha value is -0.610. The zero-order valence-electron chi connectivity index (χ0n) is 12.2. The summed E-state index contributed by atoms with van der Waals surface area (Å²) in [5, 5.41) is 12.0. The Morgan fingerprint density at radius 2 is 2.05 bits per heavy atom. The average molecular weight is 268 g/mol. The van der Waals surface area contributed by atoms with Gasteiger partial charge in [0.05, 0.1) is 6.61 Å². The predicted molar refractivity (Wildman–Crippen MR) is 75.8 cm³/mol. The molecule has 1 aliphatic heterocycles. The molecular formula is C15H28N2O2. The lowest BCUT2D eigenvalue weighted by Gasteiger charge is -2.31. The molecule has 4 nitrogen and oxygen atoms in total. The minimum absolute atomic E-state index is 0.228. The Bertz CT molecular complexity index is 295. The van der Waals surface area contributed by atoms with E-state index in [9.17, 15) is 4.79 Å². The van der Waals surface area contributed by atoms with E-state index in [1.165, 1.54) is 12.8 Å². The Morgan fingerprint density at radius 1 is 1.37 bits per heavy atom. The Labute approximate surface area is 116 Å². The molecule has 0 radical (unpaired) electrons. The van der Waals surface area contributed by atoms with Gasteiger partial charge in [-0.1, -0.05) is 6.92 Å². The number of aliphatic hydroxyl groups excluding tert-OH is 1. The summed E-state index contributed by atoms with van der Waals surface area (Å²) in [6.07, 6.45) is 6.61. The number of aliphatic hydroxyl groups is 1. The van der Waals surface area contributed by atoms with Crippen LogP contribution in [0.1, 0.15) is 45.4 Å². The molecule has 1 amide bonds. The van der Waals surface area contributed by atoms with Crippen molar-refractivity contribution < 1.29 is 9.90 Å². The molecular weight excluding hydrogens is 240 g/mol. The van der Waals surface area contributed by atoms with E-state index < -0.39 is 0 Å². The molecule has 0 aromatic rings. The van der Waals surface area contributed by atoms with E-state index in [0.29, 0.717) is 17.8 Å². The monoisotopic (exact) mass is 268 g/mol. The third kappa shape index (κ3) is 5.11. The number of β-amino-alcohol motifs (C(OH)–C–C–N with tert-alkyl or cyclic N) is 1. The van der Waals surface area contributed by atoms with Gasteiger partial charge in [-0.15, -0.1) is 0 Å². The Morgan fingerprint density at radius 3 is 2.63 bits per heavy atom. The molecule has 2 fully saturated rings. The van der Waals surface area contributed by atoms with E-state index in [-0.39, 0.29) is 12.5 Å². The van der Waals surface area contributed by atoms with E-state index in [4.69, 9.17) is 5.11 Å². The predicted octanol–water partition coefficient (Wildman–Crippen LogP) is 1.39. The van der Waals surface area contributed by atoms with Gasteiger partial charge in [0, 0.05) is 19.5 Å². The van der Waals surface area contributed by atoms with Crippen LogP contribution >= 0.6 is 0 Å². The lowest BCUT2D eigenvalue weighted by molar-refractivity contribution is -0.121. The number of carbonyl (C=O) groups is 1. The number of carbonyl (C=O) groups excluding carboxylic acids is 1. The van der Waals surface area contributed by atoms with Gasteiger partial charge >= 0.3 is 0 Å². The second-order valence-corrected chi connectivity index (χ2v) is 6.62. The van der Waals surface area contributed by atoms with E-state index in [2.05, 4.69) is 17.1 Å². The molecule has 2 aliphatic rings. The molecule has 1 saturated heterocycles. The maximum atomic E-state index is 11.8. The van der Waals surface area contributed by atoms with Gasteiger partial charge in [-0.25, -0.2) is 0 Å². The average Bonchev–Trinajstić information content (AvgIpc) is 3.15. The summed E-state index contributed by atoms with van der Waals surface area (Å²) in [6, 6.07) is 0. The molecule has 4 heteroatoms. The third-order valence-corrected chi connectivity index (χ3v) is 4.77. The Kier molecular flexibility index (Phi) is 5.22. The highest BCUT2D eigenvalue weighted by Crippen LogP contribution is 2.48. The van der Waals surface area contributed by atoms with E-state index in [1.807, 2.05) is 0 Å². The lowest BCUT2D eigenvalue weighted by atomic mass is 9.96. The summed E-state index contributed by atoms with van der Waals surface area (Å²) in [5.74, 6) is 0.848. The highest BCUT2D eigenvalue weighted by Gasteiger charge is 2.36. The summed E-state index contributed by atoms with van der Waals surface area (Å²) in [4.78, 5) is 14.1. The molecule has 19 heavy (non-hydrogen) atoms. The van der Waals surface area contributed by atoms with Crippen molar-refractivity contribution in [2.75, 3.05) is 32.8 Å². The highest BCUT2D eigenvalue weighted by molar-refractivity contribution is 5.75. The first-order chi connectivity index (χ1) is 9.11. The minimum atomic E-state index is 0.228. The first kappa shape index (κ1) is 14.8. The summed E-state index contributed by atoms with van der Waals surface area (Å²) in [6.45, 7) is 6.26. The number of hydrogen-bond acceptors (Lipinski definition) is 3. The van der Waals surface area contributed by atoms with Crippen molar-refractivity contribution in [2.24, 2.45) is 11.3 Å². The zero-order chi connectivity index (χ0) is 13.7. The number of hydrogen-bond donors (Lipinski definition) is 2. The van der Waals surface area contributed by atoms with Crippen molar-refractivity contribution >= 4 is 5.91 Å². The van der Waals surface area contributed by atoms with E-state index in [0.717, 1.165) is 45.4 Å². The van der Waals surface area contributed by atoms with Crippen LogP contribution in [0.2, 0.25) is 0 Å². The van der Waals surface area contributed by atoms with Crippen molar-refractivity contribution in [1.29, 1.82) is 0 Å². The largest absolute Gasteiger partial charge is 0.395 e. The van der Waals surface area contributed by atoms with Gasteiger partial charge in [-0.2, -0.15) is 0 Å². The first-order valence-electron chi connectivity index (χ1n) is 7.71. The fourth-order valence-electron chi connectivity index (χ4n) is 2.78. The first-order valence-corrected chi connectivity index (χ1v) is 7.71. The summed E-state index contributed by atoms with van der Waals surface area (Å²) in [5.41, 5.74) is 0.479. The van der Waals surface area contributed by atoms with Crippen molar-refractivity contribution in [3.63, 3.8) is 0 Å². The summed E-state index contributed by atoms with van der Waals surface area (Å²) in [7, 11) is 0. The number of piperidine rings is 1. The molecule has 0 unspecified atom stereocenters. The molecule has 0 atom stereocenters. The van der Waals surface area contributed by atoms with Crippen LogP contribution in [-0.4, -0.2) is 48.7 Å². The van der Waals surface area contributed by atoms with Crippen molar-refractivity contribution in [2.45, 2.75) is 45.4 Å². The van der Waals surface area contributed by atoms with Crippen LogP contribution < -0.4 is 5.32 Å². The van der Waals surface area contributed by atoms with Crippen molar-refractivity contribution in [3.05, 3.63) is 0 Å². The minimum Gasteiger partial charge on any atom is -0.395 e. The maximum absolute atomic E-state index is 11.8. The van der Waals surface area contributed by atoms with Crippen LogP contribution in [-0.2, 0) is 4.79 Å². The van der Waals surface area contributed by atoms with Gasteiger partial charge in [0.15, 0.2) is 0 Å². The zero-order valence-corrected chi connectivity index (χ0v) is 12.2. The molecule has 110 valence electrons. The van der Waals surface area contributed by atoms with Gasteiger partial charge < -0.3 is 15.3 Å². The second-order valence-electron chi connectivity index (χ2n) is 6.62. The Balaban J connectivity index is 1.54. The number of nitrogens with zero attached hydrogens (tertiary/aromatic N) is 1. The number of amides is 1. The summed E-state index contributed by atoms with van der Waals surface area (Å²) < 4.78 is 0. The number of likely N-dealkylation sites (tertiary alicyclic amines) is 1. The van der Waals surface area contributed by atoms with Gasteiger partial charge in [-0.3, -0.25) is 4.79 Å². The SMILES string of the molecule is CC1(CCC(=O)NCC2CCN(CCO)CC2)CC1. The van der Waals surface area contributed by atoms with E-state index in [1.54, 1.807) is 0 Å². The smallest absolute Gasteiger partial charge is 0.220 e. The topological polar surface area (TPSA) is 52.6 Å². The molecule has 0 aromatic heterocycles. The molecule has 1 heterocycles. The molecule has 1 saturated carbocycles. The van der Waals surface area contributed by atoms with E-state index >= 15 is 0 Å². The van der Waals surface area contributed by atoms with Crippen molar-refractivity contribution in [1.82, 2.24) is 10.2 Å². The molecule has 2 N–H and O–H groups in total. The second kappa shape index (κ2) is 6.71. The van der Waals surface area contributed by atoms with Crippen LogP contribution in [0.4, 0.5) is 0 Å². The summed E-state index contributed by atoms with van der Waals surface area (Å²) >= 11 is 0. The molecule has 1 aliphatic carbocycles. The van der Waals surface area contributed by atoms with Crippen LogP contribution in [0.25, 0.3) is 0 Å². The molecule has 0 aromatic carbocycles. The van der Waals surface area contributed by atoms with Crippen LogP contribution in [0.5, 0.6) is 0 Å². The highest BCUT2D eigenvalue weighted by atomic mass is 16.3. The fourth-order valence-corrected chi connectivity index (χ4v) is 2.78. The normalized spacial score (nSPS) is 23.3. The number of nitrogens with one attached hydrogen (secondary N) is 1. The maximum Gasteiger partial charge on any atom is 0.220 e. The standard InChI is InChI=1S/C15H28N2O2/c1-15(6-7-15)5-2-14(19)16-12-13-3-8-17(9-4-13)10-11-18/h13,18H,2-12H2,1H3,(H,16,19). The third-order valence-electron chi connectivity index (χ3n) is 4.77. The molecule has 2 rings (SSSR count).